The van der Waals surface area contributed by atoms with Crippen LogP contribution in [0.2, 0.25) is 0 Å². The molecule has 0 radical (unpaired) electrons. The summed E-state index contributed by atoms with van der Waals surface area (Å²) in [5.41, 5.74) is 3.03. The van der Waals surface area contributed by atoms with Gasteiger partial charge in [-0.3, -0.25) is 14.6 Å². The summed E-state index contributed by atoms with van der Waals surface area (Å²) in [6.07, 6.45) is 1.20. The number of benzene rings is 1. The summed E-state index contributed by atoms with van der Waals surface area (Å²) >= 11 is 0. The summed E-state index contributed by atoms with van der Waals surface area (Å²) in [7, 11) is 1.56. The number of hydrogen-bond acceptors (Lipinski definition) is 5. The molecule has 0 aromatic heterocycles. The number of aliphatic imine (C=N–C) groups is 1. The lowest BCUT2D eigenvalue weighted by atomic mass is 9.67. The van der Waals surface area contributed by atoms with Gasteiger partial charge < -0.3 is 9.47 Å². The van der Waals surface area contributed by atoms with E-state index in [1.54, 1.807) is 7.11 Å². The number of esters is 1. The zero-order valence-corrected chi connectivity index (χ0v) is 16.5. The van der Waals surface area contributed by atoms with Crippen molar-refractivity contribution in [3.63, 3.8) is 0 Å². The number of hydrogen-bond donors (Lipinski definition) is 0. The third-order valence-electron chi connectivity index (χ3n) is 5.25. The summed E-state index contributed by atoms with van der Waals surface area (Å²) < 4.78 is 10.4. The minimum atomic E-state index is -0.590. The quantitative estimate of drug-likeness (QED) is 0.586. The Morgan fingerprint density at radius 2 is 1.89 bits per heavy atom. The molecule has 1 aromatic rings. The highest BCUT2D eigenvalue weighted by atomic mass is 16.6. The summed E-state index contributed by atoms with van der Waals surface area (Å²) in [6, 6.07) is 9.73. The maximum atomic E-state index is 13.1. The monoisotopic (exact) mass is 369 g/mol. The van der Waals surface area contributed by atoms with E-state index >= 15 is 0 Å². The average Bonchev–Trinajstić information content (AvgIpc) is 2.60. The normalized spacial score (nSPS) is 24.3. The van der Waals surface area contributed by atoms with Crippen molar-refractivity contribution in [1.29, 1.82) is 0 Å². The fourth-order valence-corrected chi connectivity index (χ4v) is 4.09. The molecule has 0 saturated carbocycles. The second-order valence-electron chi connectivity index (χ2n) is 8.08. The van der Waals surface area contributed by atoms with E-state index < -0.39 is 5.92 Å². The molecule has 2 aliphatic rings. The lowest BCUT2D eigenvalue weighted by Crippen LogP contribution is -2.39. The molecule has 0 bridgehead atoms. The van der Waals surface area contributed by atoms with Gasteiger partial charge in [0.2, 0.25) is 0 Å². The van der Waals surface area contributed by atoms with Crippen LogP contribution in [-0.2, 0) is 19.1 Å². The molecule has 1 aliphatic carbocycles. The van der Waals surface area contributed by atoms with Gasteiger partial charge in [0.25, 0.3) is 0 Å². The Kier molecular flexibility index (Phi) is 5.61. The van der Waals surface area contributed by atoms with Crippen molar-refractivity contribution in [2.45, 2.75) is 39.5 Å². The molecule has 5 heteroatoms. The number of Topliss-reactive ketones (excluding diaryl/α,β-unsaturated/α-hetero) is 1. The van der Waals surface area contributed by atoms with E-state index in [-0.39, 0.29) is 29.7 Å². The fourth-order valence-electron chi connectivity index (χ4n) is 4.09. The smallest absolute Gasteiger partial charge is 0.315 e. The highest BCUT2D eigenvalue weighted by molar-refractivity contribution is 6.09. The number of carbonyl (C=O) groups is 2. The van der Waals surface area contributed by atoms with Crippen molar-refractivity contribution in [3.8, 4) is 0 Å². The molecular formula is C22H27NO4. The van der Waals surface area contributed by atoms with Crippen molar-refractivity contribution in [1.82, 2.24) is 0 Å². The Bertz CT molecular complexity index is 792. The number of ketones is 1. The van der Waals surface area contributed by atoms with Crippen LogP contribution in [0.15, 0.2) is 46.6 Å². The predicted octanol–water partition coefficient (Wildman–Crippen LogP) is 3.69. The van der Waals surface area contributed by atoms with E-state index in [1.807, 2.05) is 37.3 Å². The topological polar surface area (TPSA) is 65.0 Å². The molecule has 0 saturated heterocycles. The van der Waals surface area contributed by atoms with Gasteiger partial charge in [0.15, 0.2) is 5.78 Å². The predicted molar refractivity (Wildman–Crippen MR) is 104 cm³/mol. The van der Waals surface area contributed by atoms with E-state index in [4.69, 9.17) is 14.5 Å². The summed E-state index contributed by atoms with van der Waals surface area (Å²) in [5, 5.41) is 0. The van der Waals surface area contributed by atoms with E-state index in [9.17, 15) is 9.59 Å². The van der Waals surface area contributed by atoms with Crippen molar-refractivity contribution in [2.24, 2.45) is 16.3 Å². The van der Waals surface area contributed by atoms with Gasteiger partial charge in [-0.05, 0) is 24.3 Å². The number of allylic oxidation sites excluding steroid dienone is 2. The van der Waals surface area contributed by atoms with E-state index in [2.05, 4.69) is 13.8 Å². The third kappa shape index (κ3) is 4.03. The molecule has 3 rings (SSSR count). The standard InChI is InChI=1S/C22H27NO4/c1-14-18(21(25)27-11-10-26-4)19(15-8-6-5-7-9-15)20-16(23-14)12-22(2,3)13-17(20)24/h5-9,18-19H,10-13H2,1-4H3/t18?,19-/m0/s1. The zero-order chi connectivity index (χ0) is 19.6. The lowest BCUT2D eigenvalue weighted by Gasteiger charge is -2.39. The Morgan fingerprint density at radius 3 is 2.56 bits per heavy atom. The van der Waals surface area contributed by atoms with Gasteiger partial charge in [-0.1, -0.05) is 44.2 Å². The second kappa shape index (κ2) is 7.77. The largest absolute Gasteiger partial charge is 0.463 e. The van der Waals surface area contributed by atoms with Crippen LogP contribution in [0.3, 0.4) is 0 Å². The Morgan fingerprint density at radius 1 is 1.19 bits per heavy atom. The second-order valence-corrected chi connectivity index (χ2v) is 8.08. The van der Waals surface area contributed by atoms with Gasteiger partial charge >= 0.3 is 5.97 Å². The summed E-state index contributed by atoms with van der Waals surface area (Å²) in [4.78, 5) is 30.6. The SMILES string of the molecule is COCCOC(=O)C1C(C)=NC2=C(C(=O)CC(C)(C)C2)[C@H]1c1ccccc1. The summed E-state index contributed by atoms with van der Waals surface area (Å²) in [5.74, 6) is -1.21. The van der Waals surface area contributed by atoms with Crippen LogP contribution in [0.1, 0.15) is 45.1 Å². The highest BCUT2D eigenvalue weighted by Gasteiger charge is 2.45. The molecule has 0 N–H and O–H groups in total. The van der Waals surface area contributed by atoms with Gasteiger partial charge in [0, 0.05) is 36.4 Å². The average molecular weight is 369 g/mol. The first-order valence-electron chi connectivity index (χ1n) is 9.36. The van der Waals surface area contributed by atoms with E-state index in [0.29, 0.717) is 24.3 Å². The molecule has 5 nitrogen and oxygen atoms in total. The molecular weight excluding hydrogens is 342 g/mol. The molecule has 1 aromatic carbocycles. The van der Waals surface area contributed by atoms with Crippen LogP contribution in [-0.4, -0.2) is 37.8 Å². The number of rotatable bonds is 5. The molecule has 27 heavy (non-hydrogen) atoms. The van der Waals surface area contributed by atoms with Gasteiger partial charge in [0.1, 0.15) is 12.5 Å². The number of ether oxygens (including phenoxy) is 2. The Labute approximate surface area is 160 Å². The molecule has 0 spiro atoms. The molecule has 1 heterocycles. The summed E-state index contributed by atoms with van der Waals surface area (Å²) in [6.45, 7) is 6.55. The van der Waals surface area contributed by atoms with Gasteiger partial charge in [0.05, 0.1) is 6.61 Å². The van der Waals surface area contributed by atoms with Crippen LogP contribution in [0.25, 0.3) is 0 Å². The molecule has 0 fully saturated rings. The maximum Gasteiger partial charge on any atom is 0.315 e. The molecule has 2 atom stereocenters. The maximum absolute atomic E-state index is 13.1. The van der Waals surface area contributed by atoms with Crippen LogP contribution in [0, 0.1) is 11.3 Å². The first-order valence-corrected chi connectivity index (χ1v) is 9.36. The van der Waals surface area contributed by atoms with E-state index in [0.717, 1.165) is 17.7 Å². The van der Waals surface area contributed by atoms with Crippen molar-refractivity contribution >= 4 is 17.5 Å². The van der Waals surface area contributed by atoms with Crippen molar-refractivity contribution < 1.29 is 19.1 Å². The minimum absolute atomic E-state index is 0.0843. The third-order valence-corrected chi connectivity index (χ3v) is 5.25. The lowest BCUT2D eigenvalue weighted by molar-refractivity contribution is -0.147. The van der Waals surface area contributed by atoms with Gasteiger partial charge in [-0.15, -0.1) is 0 Å². The van der Waals surface area contributed by atoms with Crippen molar-refractivity contribution in [3.05, 3.63) is 47.2 Å². The number of nitrogens with zero attached hydrogens (tertiary/aromatic N) is 1. The van der Waals surface area contributed by atoms with Crippen LogP contribution < -0.4 is 0 Å². The first-order chi connectivity index (χ1) is 12.8. The van der Waals surface area contributed by atoms with E-state index in [1.165, 1.54) is 0 Å². The van der Waals surface area contributed by atoms with Crippen molar-refractivity contribution in [2.75, 3.05) is 20.3 Å². The van der Waals surface area contributed by atoms with Gasteiger partial charge in [-0.2, -0.15) is 0 Å². The highest BCUT2D eigenvalue weighted by Crippen LogP contribution is 2.47. The fraction of sp³-hybridized carbons (Fsp3) is 0.500. The number of methoxy groups -OCH3 is 1. The molecule has 1 aliphatic heterocycles. The van der Waals surface area contributed by atoms with Crippen LogP contribution >= 0.6 is 0 Å². The Balaban J connectivity index is 2.05. The first kappa shape index (κ1) is 19.5. The van der Waals surface area contributed by atoms with Crippen LogP contribution in [0.4, 0.5) is 0 Å². The molecule has 0 amide bonds. The van der Waals surface area contributed by atoms with Gasteiger partial charge in [-0.25, -0.2) is 0 Å². The zero-order valence-electron chi connectivity index (χ0n) is 16.5. The Hall–Kier alpha value is -2.27. The molecule has 144 valence electrons. The number of carbonyl (C=O) groups excluding carboxylic acids is 2. The van der Waals surface area contributed by atoms with Crippen LogP contribution in [0.5, 0.6) is 0 Å². The minimum Gasteiger partial charge on any atom is -0.463 e. The molecule has 1 unspecified atom stereocenters.